The predicted molar refractivity (Wildman–Crippen MR) is 72.6 cm³/mol. The van der Waals surface area contributed by atoms with E-state index in [2.05, 4.69) is 43.4 Å². The van der Waals surface area contributed by atoms with E-state index in [-0.39, 0.29) is 0 Å². The third-order valence-electron chi connectivity index (χ3n) is 2.89. The van der Waals surface area contributed by atoms with Gasteiger partial charge < -0.3 is 15.0 Å². The van der Waals surface area contributed by atoms with E-state index in [1.807, 2.05) is 12.1 Å². The van der Waals surface area contributed by atoms with Crippen LogP contribution in [0.15, 0.2) is 24.3 Å². The van der Waals surface area contributed by atoms with Gasteiger partial charge >= 0.3 is 0 Å². The van der Waals surface area contributed by atoms with Crippen molar-refractivity contribution < 1.29 is 4.74 Å². The van der Waals surface area contributed by atoms with Gasteiger partial charge in [0, 0.05) is 12.6 Å². The minimum Gasteiger partial charge on any atom is -0.497 e. The van der Waals surface area contributed by atoms with Crippen LogP contribution in [-0.4, -0.2) is 39.2 Å². The van der Waals surface area contributed by atoms with Gasteiger partial charge in [-0.2, -0.15) is 0 Å². The first-order valence-electron chi connectivity index (χ1n) is 6.20. The molecule has 0 saturated carbocycles. The van der Waals surface area contributed by atoms with E-state index in [1.165, 1.54) is 12.0 Å². The van der Waals surface area contributed by atoms with Crippen molar-refractivity contribution in [3.05, 3.63) is 29.8 Å². The van der Waals surface area contributed by atoms with Crippen molar-refractivity contribution in [3.8, 4) is 5.75 Å². The fourth-order valence-corrected chi connectivity index (χ4v) is 1.84. The van der Waals surface area contributed by atoms with Crippen LogP contribution in [0.4, 0.5) is 0 Å². The number of likely N-dealkylation sites (N-methyl/N-ethyl adjacent to an activating group) is 1. The summed E-state index contributed by atoms with van der Waals surface area (Å²) in [5, 5.41) is 3.47. The molecule has 0 fully saturated rings. The zero-order valence-corrected chi connectivity index (χ0v) is 11.4. The lowest BCUT2D eigenvalue weighted by molar-refractivity contribution is 0.289. The zero-order valence-electron chi connectivity index (χ0n) is 11.4. The molecule has 1 aromatic rings. The number of hydrogen-bond donors (Lipinski definition) is 1. The molecule has 1 rings (SSSR count). The molecular weight excluding hydrogens is 212 g/mol. The molecule has 1 N–H and O–H groups in total. The van der Waals surface area contributed by atoms with Gasteiger partial charge in [-0.3, -0.25) is 0 Å². The molecule has 1 atom stereocenters. The third-order valence-corrected chi connectivity index (χ3v) is 2.89. The average molecular weight is 236 g/mol. The van der Waals surface area contributed by atoms with Gasteiger partial charge in [-0.1, -0.05) is 19.1 Å². The largest absolute Gasteiger partial charge is 0.497 e. The first-order chi connectivity index (χ1) is 8.19. The Morgan fingerprint density at radius 2 is 1.88 bits per heavy atom. The Balaban J connectivity index is 2.68. The maximum atomic E-state index is 5.18. The Kier molecular flexibility index (Phi) is 6.01. The van der Waals surface area contributed by atoms with Crippen molar-refractivity contribution in [2.24, 2.45) is 0 Å². The molecule has 96 valence electrons. The van der Waals surface area contributed by atoms with Gasteiger partial charge in [-0.25, -0.2) is 0 Å². The SMILES string of the molecule is CCCNCC(c1ccc(OC)cc1)N(C)C. The van der Waals surface area contributed by atoms with Crippen LogP contribution >= 0.6 is 0 Å². The Bertz CT molecular complexity index is 309. The molecule has 1 unspecified atom stereocenters. The Morgan fingerprint density at radius 3 is 2.35 bits per heavy atom. The molecule has 0 aromatic heterocycles. The topological polar surface area (TPSA) is 24.5 Å². The molecule has 0 radical (unpaired) electrons. The number of rotatable bonds is 7. The molecule has 3 heteroatoms. The van der Waals surface area contributed by atoms with Crippen molar-refractivity contribution in [1.82, 2.24) is 10.2 Å². The zero-order chi connectivity index (χ0) is 12.7. The normalized spacial score (nSPS) is 12.8. The van der Waals surface area contributed by atoms with Gasteiger partial charge in [-0.15, -0.1) is 0 Å². The second kappa shape index (κ2) is 7.30. The molecule has 1 aromatic carbocycles. The van der Waals surface area contributed by atoms with Crippen LogP contribution in [0.5, 0.6) is 5.75 Å². The summed E-state index contributed by atoms with van der Waals surface area (Å²) < 4.78 is 5.18. The van der Waals surface area contributed by atoms with E-state index in [1.54, 1.807) is 7.11 Å². The van der Waals surface area contributed by atoms with E-state index >= 15 is 0 Å². The van der Waals surface area contributed by atoms with Gasteiger partial charge in [-0.05, 0) is 44.8 Å². The average Bonchev–Trinajstić information content (AvgIpc) is 2.34. The maximum Gasteiger partial charge on any atom is 0.118 e. The molecule has 0 saturated heterocycles. The van der Waals surface area contributed by atoms with Crippen LogP contribution in [0, 0.1) is 0 Å². The molecule has 0 aliphatic carbocycles. The van der Waals surface area contributed by atoms with Crippen molar-refractivity contribution in [1.29, 1.82) is 0 Å². The molecule has 17 heavy (non-hydrogen) atoms. The lowest BCUT2D eigenvalue weighted by atomic mass is 10.1. The van der Waals surface area contributed by atoms with Gasteiger partial charge in [0.1, 0.15) is 5.75 Å². The van der Waals surface area contributed by atoms with Crippen LogP contribution in [-0.2, 0) is 0 Å². The minimum absolute atomic E-state index is 0.410. The van der Waals surface area contributed by atoms with E-state index in [0.29, 0.717) is 6.04 Å². The lowest BCUT2D eigenvalue weighted by Crippen LogP contribution is -2.31. The highest BCUT2D eigenvalue weighted by atomic mass is 16.5. The summed E-state index contributed by atoms with van der Waals surface area (Å²) in [6.07, 6.45) is 1.17. The summed E-state index contributed by atoms with van der Waals surface area (Å²) in [7, 11) is 5.92. The second-order valence-corrected chi connectivity index (χ2v) is 4.46. The van der Waals surface area contributed by atoms with Crippen LogP contribution in [0.3, 0.4) is 0 Å². The van der Waals surface area contributed by atoms with Gasteiger partial charge in [0.15, 0.2) is 0 Å². The number of nitrogens with zero attached hydrogens (tertiary/aromatic N) is 1. The molecule has 0 heterocycles. The molecule has 3 nitrogen and oxygen atoms in total. The second-order valence-electron chi connectivity index (χ2n) is 4.46. The Morgan fingerprint density at radius 1 is 1.24 bits per heavy atom. The minimum atomic E-state index is 0.410. The predicted octanol–water partition coefficient (Wildman–Crippen LogP) is 2.30. The summed E-state index contributed by atoms with van der Waals surface area (Å²) in [5.41, 5.74) is 1.32. The van der Waals surface area contributed by atoms with E-state index in [4.69, 9.17) is 4.74 Å². The first kappa shape index (κ1) is 14.0. The molecular formula is C14H24N2O. The number of nitrogens with one attached hydrogen (secondary N) is 1. The maximum absolute atomic E-state index is 5.18. The summed E-state index contributed by atoms with van der Waals surface area (Å²) in [4.78, 5) is 2.24. The van der Waals surface area contributed by atoms with E-state index in [9.17, 15) is 0 Å². The highest BCUT2D eigenvalue weighted by Crippen LogP contribution is 2.20. The first-order valence-corrected chi connectivity index (χ1v) is 6.20. The fraction of sp³-hybridized carbons (Fsp3) is 0.571. The van der Waals surface area contributed by atoms with Gasteiger partial charge in [0.05, 0.1) is 7.11 Å². The summed E-state index contributed by atoms with van der Waals surface area (Å²) in [6, 6.07) is 8.72. The Labute approximate surface area is 105 Å². The van der Waals surface area contributed by atoms with Crippen molar-refractivity contribution in [2.45, 2.75) is 19.4 Å². The molecule has 0 aliphatic heterocycles. The number of benzene rings is 1. The van der Waals surface area contributed by atoms with Crippen molar-refractivity contribution >= 4 is 0 Å². The van der Waals surface area contributed by atoms with Crippen LogP contribution in [0.2, 0.25) is 0 Å². The van der Waals surface area contributed by atoms with Gasteiger partial charge in [0.2, 0.25) is 0 Å². The number of hydrogen-bond acceptors (Lipinski definition) is 3. The summed E-state index contributed by atoms with van der Waals surface area (Å²) >= 11 is 0. The van der Waals surface area contributed by atoms with Crippen LogP contribution < -0.4 is 10.1 Å². The highest BCUT2D eigenvalue weighted by molar-refractivity contribution is 5.29. The summed E-state index contributed by atoms with van der Waals surface area (Å²) in [5.74, 6) is 0.910. The van der Waals surface area contributed by atoms with Crippen molar-refractivity contribution in [2.75, 3.05) is 34.3 Å². The van der Waals surface area contributed by atoms with Crippen LogP contribution in [0.1, 0.15) is 24.9 Å². The Hall–Kier alpha value is -1.06. The van der Waals surface area contributed by atoms with Gasteiger partial charge in [0.25, 0.3) is 0 Å². The van der Waals surface area contributed by atoms with Crippen LogP contribution in [0.25, 0.3) is 0 Å². The number of methoxy groups -OCH3 is 1. The lowest BCUT2D eigenvalue weighted by Gasteiger charge is -2.25. The third kappa shape index (κ3) is 4.36. The standard InChI is InChI=1S/C14H24N2O/c1-5-10-15-11-14(16(2)3)12-6-8-13(17-4)9-7-12/h6-9,14-15H,5,10-11H2,1-4H3. The number of ether oxygens (including phenoxy) is 1. The molecule has 0 amide bonds. The molecule has 0 spiro atoms. The van der Waals surface area contributed by atoms with E-state index in [0.717, 1.165) is 18.8 Å². The highest BCUT2D eigenvalue weighted by Gasteiger charge is 2.13. The summed E-state index contributed by atoms with van der Waals surface area (Å²) in [6.45, 7) is 4.23. The monoisotopic (exact) mass is 236 g/mol. The smallest absolute Gasteiger partial charge is 0.118 e. The molecule has 0 aliphatic rings. The molecule has 0 bridgehead atoms. The van der Waals surface area contributed by atoms with Crippen molar-refractivity contribution in [3.63, 3.8) is 0 Å². The quantitative estimate of drug-likeness (QED) is 0.735. The van der Waals surface area contributed by atoms with E-state index < -0.39 is 0 Å². The fourth-order valence-electron chi connectivity index (χ4n) is 1.84.